The van der Waals surface area contributed by atoms with Crippen LogP contribution in [0.1, 0.15) is 39.2 Å². The van der Waals surface area contributed by atoms with Crippen LogP contribution < -0.4 is 10.2 Å². The van der Waals surface area contributed by atoms with E-state index in [0.29, 0.717) is 5.41 Å². The van der Waals surface area contributed by atoms with Gasteiger partial charge in [0.15, 0.2) is 0 Å². The first-order chi connectivity index (χ1) is 9.53. The zero-order valence-corrected chi connectivity index (χ0v) is 13.6. The molecule has 2 heteroatoms. The van der Waals surface area contributed by atoms with E-state index in [-0.39, 0.29) is 0 Å². The van der Waals surface area contributed by atoms with Gasteiger partial charge in [-0.25, -0.2) is 0 Å². The number of piperidine rings is 1. The number of nitrogens with one attached hydrogen (secondary N) is 1. The summed E-state index contributed by atoms with van der Waals surface area (Å²) < 4.78 is 0. The molecule has 1 aromatic carbocycles. The quantitative estimate of drug-likeness (QED) is 0.877. The number of aryl methyl sites for hydroxylation is 1. The van der Waals surface area contributed by atoms with Crippen molar-refractivity contribution in [1.82, 2.24) is 5.32 Å². The van der Waals surface area contributed by atoms with Gasteiger partial charge in [0.2, 0.25) is 0 Å². The van der Waals surface area contributed by atoms with Crippen molar-refractivity contribution in [3.8, 4) is 0 Å². The van der Waals surface area contributed by atoms with Gasteiger partial charge in [0.05, 0.1) is 0 Å². The molecule has 1 aliphatic heterocycles. The van der Waals surface area contributed by atoms with Gasteiger partial charge in [-0.2, -0.15) is 0 Å². The van der Waals surface area contributed by atoms with E-state index in [9.17, 15) is 0 Å². The number of hydrogen-bond acceptors (Lipinski definition) is 2. The average Bonchev–Trinajstić information content (AvgIpc) is 2.46. The van der Waals surface area contributed by atoms with Crippen LogP contribution in [0.25, 0.3) is 0 Å². The highest BCUT2D eigenvalue weighted by Crippen LogP contribution is 2.34. The maximum atomic E-state index is 3.56. The fourth-order valence-electron chi connectivity index (χ4n) is 3.35. The lowest BCUT2D eigenvalue weighted by Crippen LogP contribution is -2.45. The lowest BCUT2D eigenvalue weighted by atomic mass is 9.74. The van der Waals surface area contributed by atoms with E-state index in [4.69, 9.17) is 0 Å². The van der Waals surface area contributed by atoms with Gasteiger partial charge in [-0.05, 0) is 68.8 Å². The van der Waals surface area contributed by atoms with Gasteiger partial charge in [-0.3, -0.25) is 0 Å². The van der Waals surface area contributed by atoms with Crippen LogP contribution in [0.15, 0.2) is 24.3 Å². The van der Waals surface area contributed by atoms with Crippen LogP contribution >= 0.6 is 0 Å². The summed E-state index contributed by atoms with van der Waals surface area (Å²) in [6.07, 6.45) is 2.69. The maximum Gasteiger partial charge on any atom is 0.0368 e. The fraction of sp³-hybridized carbons (Fsp3) is 0.667. The van der Waals surface area contributed by atoms with Crippen LogP contribution in [0.5, 0.6) is 0 Å². The molecule has 1 aromatic rings. The first kappa shape index (κ1) is 15.4. The zero-order chi connectivity index (χ0) is 14.6. The van der Waals surface area contributed by atoms with Crippen LogP contribution in [0.2, 0.25) is 0 Å². The Balaban J connectivity index is 2.08. The van der Waals surface area contributed by atoms with Crippen molar-refractivity contribution in [2.45, 2.75) is 40.5 Å². The van der Waals surface area contributed by atoms with Crippen LogP contribution in [0.3, 0.4) is 0 Å². The molecule has 0 bridgehead atoms. The second kappa shape index (κ2) is 6.62. The molecule has 1 saturated heterocycles. The SMILES string of the molecule is CCN(CC(C)(C)C1CCCNC1)c1cccc(C)c1. The first-order valence-electron chi connectivity index (χ1n) is 8.05. The predicted molar refractivity (Wildman–Crippen MR) is 88.4 cm³/mol. The molecule has 0 aliphatic carbocycles. The van der Waals surface area contributed by atoms with Gasteiger partial charge in [0, 0.05) is 18.8 Å². The van der Waals surface area contributed by atoms with Gasteiger partial charge in [-0.1, -0.05) is 26.0 Å². The minimum absolute atomic E-state index is 0.354. The van der Waals surface area contributed by atoms with Crippen LogP contribution in [-0.4, -0.2) is 26.2 Å². The Morgan fingerprint density at radius 2 is 2.15 bits per heavy atom. The Kier molecular flexibility index (Phi) is 5.09. The van der Waals surface area contributed by atoms with Crippen molar-refractivity contribution in [3.63, 3.8) is 0 Å². The molecule has 20 heavy (non-hydrogen) atoms. The highest BCUT2D eigenvalue weighted by atomic mass is 15.1. The molecule has 2 nitrogen and oxygen atoms in total. The van der Waals surface area contributed by atoms with Gasteiger partial charge in [-0.15, -0.1) is 0 Å². The molecule has 0 spiro atoms. The van der Waals surface area contributed by atoms with Crippen molar-refractivity contribution in [2.75, 3.05) is 31.1 Å². The van der Waals surface area contributed by atoms with Gasteiger partial charge in [0.1, 0.15) is 0 Å². The molecule has 2 rings (SSSR count). The van der Waals surface area contributed by atoms with Gasteiger partial charge in [0.25, 0.3) is 0 Å². The van der Waals surface area contributed by atoms with Crippen molar-refractivity contribution < 1.29 is 0 Å². The third-order valence-electron chi connectivity index (χ3n) is 4.75. The van der Waals surface area contributed by atoms with Gasteiger partial charge < -0.3 is 10.2 Å². The number of nitrogens with zero attached hydrogens (tertiary/aromatic N) is 1. The molecule has 0 amide bonds. The van der Waals surface area contributed by atoms with Crippen molar-refractivity contribution in [3.05, 3.63) is 29.8 Å². The number of benzene rings is 1. The molecular weight excluding hydrogens is 244 g/mol. The largest absolute Gasteiger partial charge is 0.371 e. The molecule has 1 N–H and O–H groups in total. The summed E-state index contributed by atoms with van der Waals surface area (Å²) in [6.45, 7) is 13.9. The topological polar surface area (TPSA) is 15.3 Å². The molecule has 0 saturated carbocycles. The Labute approximate surface area is 124 Å². The second-order valence-corrected chi connectivity index (χ2v) is 6.89. The van der Waals surface area contributed by atoms with E-state index in [1.54, 1.807) is 0 Å². The van der Waals surface area contributed by atoms with E-state index < -0.39 is 0 Å². The summed E-state index contributed by atoms with van der Waals surface area (Å²) in [5, 5.41) is 3.56. The lowest BCUT2D eigenvalue weighted by molar-refractivity contribution is 0.176. The second-order valence-electron chi connectivity index (χ2n) is 6.89. The smallest absolute Gasteiger partial charge is 0.0368 e. The van der Waals surface area contributed by atoms with Crippen LogP contribution in [-0.2, 0) is 0 Å². The number of rotatable bonds is 5. The van der Waals surface area contributed by atoms with Crippen LogP contribution in [0.4, 0.5) is 5.69 Å². The maximum absolute atomic E-state index is 3.56. The average molecular weight is 274 g/mol. The molecule has 112 valence electrons. The monoisotopic (exact) mass is 274 g/mol. The lowest BCUT2D eigenvalue weighted by Gasteiger charge is -2.41. The standard InChI is InChI=1S/C18H30N2/c1-5-20(17-10-6-8-15(2)12-17)14-18(3,4)16-9-7-11-19-13-16/h6,8,10,12,16,19H,5,7,9,11,13-14H2,1-4H3. The third-order valence-corrected chi connectivity index (χ3v) is 4.75. The normalized spacial score (nSPS) is 19.9. The summed E-state index contributed by atoms with van der Waals surface area (Å²) in [6, 6.07) is 8.89. The van der Waals surface area contributed by atoms with E-state index >= 15 is 0 Å². The number of anilines is 1. The molecule has 1 heterocycles. The van der Waals surface area contributed by atoms with Crippen molar-refractivity contribution in [1.29, 1.82) is 0 Å². The summed E-state index contributed by atoms with van der Waals surface area (Å²) in [7, 11) is 0. The summed E-state index contributed by atoms with van der Waals surface area (Å²) in [5.41, 5.74) is 3.06. The Hall–Kier alpha value is -1.02. The predicted octanol–water partition coefficient (Wildman–Crippen LogP) is 3.85. The molecule has 1 unspecified atom stereocenters. The minimum atomic E-state index is 0.354. The minimum Gasteiger partial charge on any atom is -0.371 e. The van der Waals surface area contributed by atoms with Crippen molar-refractivity contribution >= 4 is 5.69 Å². The molecule has 1 atom stereocenters. The summed E-state index contributed by atoms with van der Waals surface area (Å²) in [4.78, 5) is 2.53. The zero-order valence-electron chi connectivity index (χ0n) is 13.6. The van der Waals surface area contributed by atoms with E-state index in [1.165, 1.54) is 37.2 Å². The first-order valence-corrected chi connectivity index (χ1v) is 8.05. The molecule has 1 aliphatic rings. The molecule has 1 fully saturated rings. The van der Waals surface area contributed by atoms with Crippen molar-refractivity contribution in [2.24, 2.45) is 11.3 Å². The Morgan fingerprint density at radius 1 is 1.35 bits per heavy atom. The van der Waals surface area contributed by atoms with E-state index in [2.05, 4.69) is 62.2 Å². The molecular formula is C18H30N2. The van der Waals surface area contributed by atoms with Gasteiger partial charge >= 0.3 is 0 Å². The molecule has 0 radical (unpaired) electrons. The highest BCUT2D eigenvalue weighted by molar-refractivity contribution is 5.48. The highest BCUT2D eigenvalue weighted by Gasteiger charge is 2.32. The van der Waals surface area contributed by atoms with E-state index in [0.717, 1.165) is 19.0 Å². The molecule has 0 aromatic heterocycles. The summed E-state index contributed by atoms with van der Waals surface area (Å²) in [5.74, 6) is 0.787. The van der Waals surface area contributed by atoms with E-state index in [1.807, 2.05) is 0 Å². The fourth-order valence-corrected chi connectivity index (χ4v) is 3.35. The number of hydrogen-bond donors (Lipinski definition) is 1. The van der Waals surface area contributed by atoms with Crippen LogP contribution in [0, 0.1) is 18.3 Å². The third kappa shape index (κ3) is 3.76. The Bertz CT molecular complexity index is 419. The summed E-state index contributed by atoms with van der Waals surface area (Å²) >= 11 is 0. The Morgan fingerprint density at radius 3 is 2.75 bits per heavy atom.